The maximum Gasteiger partial charge on any atom is 3.00 e. The average molecular weight is 1370 g/mol. The van der Waals surface area contributed by atoms with E-state index in [-0.39, 0.29) is 93.8 Å². The zero-order valence-corrected chi connectivity index (χ0v) is 45.7. The van der Waals surface area contributed by atoms with Gasteiger partial charge in [-0.25, -0.2) is 0 Å². The van der Waals surface area contributed by atoms with Gasteiger partial charge in [-0.05, 0) is 147 Å². The van der Waals surface area contributed by atoms with Crippen LogP contribution in [0.1, 0.15) is 0 Å². The second kappa shape index (κ2) is 39.1. The van der Waals surface area contributed by atoms with Crippen molar-refractivity contribution in [2.45, 2.75) is 0 Å². The molecule has 0 aliphatic heterocycles. The fraction of sp³-hybridized carbons (Fsp3) is 0. The standard InChI is InChI=1S/6C10H8N3.2Yb/c6*1-3-7-11-9(5-1)13-10-6-2-4-8-12-10;;/h6*1-8H;;/q6*-1;2*+3. The van der Waals surface area contributed by atoms with Crippen LogP contribution in [0.2, 0.25) is 0 Å². The molecular weight excluding hydrogens is 1320 g/mol. The number of hydrogen-bond donors (Lipinski definition) is 0. The van der Waals surface area contributed by atoms with Crippen molar-refractivity contribution in [2.75, 3.05) is 0 Å². The Hall–Kier alpha value is -8.36. The fourth-order valence-electron chi connectivity index (χ4n) is 5.74. The van der Waals surface area contributed by atoms with Crippen molar-refractivity contribution in [2.24, 2.45) is 0 Å². The van der Waals surface area contributed by atoms with E-state index >= 15 is 0 Å². The summed E-state index contributed by atoms with van der Waals surface area (Å²) in [6, 6.07) is 67.2. The number of hydrogen-bond acceptors (Lipinski definition) is 12. The largest absolute Gasteiger partial charge is 3.00 e. The molecule has 12 rings (SSSR count). The molecule has 20 heteroatoms. The Morgan fingerprint density at radius 1 is 0.138 bits per heavy atom. The van der Waals surface area contributed by atoms with E-state index in [0.29, 0.717) is 69.8 Å². The van der Waals surface area contributed by atoms with Gasteiger partial charge in [0.2, 0.25) is 0 Å². The average Bonchev–Trinajstić information content (AvgIpc) is 3.51. The molecule has 18 nitrogen and oxygen atoms in total. The molecule has 12 aromatic rings. The third-order valence-electron chi connectivity index (χ3n) is 9.17. The second-order valence-corrected chi connectivity index (χ2v) is 14.9. The van der Waals surface area contributed by atoms with Crippen molar-refractivity contribution >= 4 is 69.8 Å². The second-order valence-electron chi connectivity index (χ2n) is 14.9. The van der Waals surface area contributed by atoms with Crippen LogP contribution in [0, 0.1) is 93.8 Å². The number of nitrogens with zero attached hydrogens (tertiary/aromatic N) is 18. The molecule has 0 unspecified atom stereocenters. The van der Waals surface area contributed by atoms with Gasteiger partial charge < -0.3 is 91.7 Å². The topological polar surface area (TPSA) is 239 Å². The van der Waals surface area contributed by atoms with Crippen molar-refractivity contribution in [3.63, 3.8) is 0 Å². The molecule has 0 N–H and O–H groups in total. The predicted molar refractivity (Wildman–Crippen MR) is 307 cm³/mol. The molecular formula is C60H48N18Yb2. The molecule has 0 saturated heterocycles. The third kappa shape index (κ3) is 26.3. The van der Waals surface area contributed by atoms with Crippen LogP contribution in [-0.4, -0.2) is 59.8 Å². The Morgan fingerprint density at radius 3 is 0.287 bits per heavy atom. The van der Waals surface area contributed by atoms with Crippen LogP contribution in [0.5, 0.6) is 0 Å². The van der Waals surface area contributed by atoms with Gasteiger partial charge in [0, 0.05) is 69.8 Å². The monoisotopic (exact) mass is 1370 g/mol. The third-order valence-corrected chi connectivity index (χ3v) is 9.17. The first-order valence-corrected chi connectivity index (χ1v) is 23.9. The smallest absolute Gasteiger partial charge is 0.369 e. The van der Waals surface area contributed by atoms with Gasteiger partial charge in [-0.15, -0.1) is 0 Å². The number of pyridine rings is 12. The molecule has 12 heterocycles. The van der Waals surface area contributed by atoms with Gasteiger partial charge in [-0.1, -0.05) is 146 Å². The van der Waals surface area contributed by atoms with Gasteiger partial charge in [0.1, 0.15) is 0 Å². The minimum atomic E-state index is 0. The molecule has 0 bridgehead atoms. The molecule has 0 spiro atoms. The van der Waals surface area contributed by atoms with Crippen molar-refractivity contribution in [3.05, 3.63) is 325 Å². The summed E-state index contributed by atoms with van der Waals surface area (Å²) in [5, 5.41) is 25.3. The first-order valence-electron chi connectivity index (χ1n) is 23.9. The van der Waals surface area contributed by atoms with E-state index in [2.05, 4.69) is 91.7 Å². The van der Waals surface area contributed by atoms with E-state index in [1.807, 2.05) is 218 Å². The van der Waals surface area contributed by atoms with Crippen LogP contribution in [0.15, 0.2) is 293 Å². The Morgan fingerprint density at radius 2 is 0.225 bits per heavy atom. The Labute approximate surface area is 542 Å². The molecule has 80 heavy (non-hydrogen) atoms. The van der Waals surface area contributed by atoms with Crippen LogP contribution in [0.3, 0.4) is 0 Å². The van der Waals surface area contributed by atoms with E-state index in [1.165, 1.54) is 0 Å². The van der Waals surface area contributed by atoms with Gasteiger partial charge >= 0.3 is 93.8 Å². The van der Waals surface area contributed by atoms with E-state index in [1.54, 1.807) is 74.4 Å². The van der Waals surface area contributed by atoms with Crippen LogP contribution < -0.4 is 0 Å². The van der Waals surface area contributed by atoms with Crippen LogP contribution >= 0.6 is 0 Å². The van der Waals surface area contributed by atoms with Crippen LogP contribution in [0.25, 0.3) is 31.9 Å². The van der Waals surface area contributed by atoms with Crippen molar-refractivity contribution in [3.8, 4) is 0 Å². The molecule has 0 amide bonds. The fourth-order valence-corrected chi connectivity index (χ4v) is 5.74. The molecule has 0 saturated carbocycles. The summed E-state index contributed by atoms with van der Waals surface area (Å²) in [6.07, 6.45) is 20.5. The summed E-state index contributed by atoms with van der Waals surface area (Å²) in [4.78, 5) is 48.8. The van der Waals surface area contributed by atoms with Gasteiger partial charge in [0.05, 0.1) is 0 Å². The Bertz CT molecular complexity index is 2540. The molecule has 0 atom stereocenters. The summed E-state index contributed by atoms with van der Waals surface area (Å²) in [7, 11) is 0. The molecule has 12 aromatic heterocycles. The normalized spacial score (nSPS) is 9.30. The first-order chi connectivity index (χ1) is 38.7. The zero-order chi connectivity index (χ0) is 53.6. The molecule has 406 valence electrons. The maximum absolute atomic E-state index is 4.22. The predicted octanol–water partition coefficient (Wildman–Crippen LogP) is 16.9. The molecule has 0 fully saturated rings. The molecule has 0 aliphatic carbocycles. The maximum atomic E-state index is 4.22. The van der Waals surface area contributed by atoms with Crippen molar-refractivity contribution in [1.29, 1.82) is 0 Å². The zero-order valence-electron chi connectivity index (χ0n) is 42.3. The molecule has 0 aromatic carbocycles. The summed E-state index contributed by atoms with van der Waals surface area (Å²) >= 11 is 0. The van der Waals surface area contributed by atoms with Gasteiger partial charge in [0.15, 0.2) is 0 Å². The van der Waals surface area contributed by atoms with Gasteiger partial charge in [-0.2, -0.15) is 0 Å². The van der Waals surface area contributed by atoms with Gasteiger partial charge in [0.25, 0.3) is 0 Å². The van der Waals surface area contributed by atoms with Crippen LogP contribution in [0.4, 0.5) is 69.8 Å². The van der Waals surface area contributed by atoms with Gasteiger partial charge in [-0.3, -0.25) is 0 Å². The number of rotatable bonds is 12. The summed E-state index contributed by atoms with van der Waals surface area (Å²) in [5.74, 6) is 8.18. The minimum Gasteiger partial charge on any atom is -0.369 e. The van der Waals surface area contributed by atoms with Crippen LogP contribution in [-0.2, 0) is 0 Å². The molecule has 2 radical (unpaired) electrons. The summed E-state index contributed by atoms with van der Waals surface area (Å²) < 4.78 is 0. The SMILES string of the molecule is [Yb+3].[Yb+3].c1ccc([N-]c2ccccn2)nc1.c1ccc([N-]c2ccccn2)nc1.c1ccc([N-]c2ccccn2)nc1.c1ccc([N-]c2ccccn2)nc1.c1ccc([N-]c2ccccn2)nc1.c1ccc([N-]c2ccccn2)nc1. The van der Waals surface area contributed by atoms with E-state index in [4.69, 9.17) is 0 Å². The summed E-state index contributed by atoms with van der Waals surface area (Å²) in [5.41, 5.74) is 0. The first kappa shape index (κ1) is 62.5. The van der Waals surface area contributed by atoms with E-state index in [9.17, 15) is 0 Å². The minimum absolute atomic E-state index is 0. The van der Waals surface area contributed by atoms with Crippen molar-refractivity contribution in [1.82, 2.24) is 59.8 Å². The summed E-state index contributed by atoms with van der Waals surface area (Å²) in [6.45, 7) is 0. The Kier molecular flexibility index (Phi) is 30.5. The Balaban J connectivity index is 0.000000176. The quantitative estimate of drug-likeness (QED) is 0.111. The van der Waals surface area contributed by atoms with E-state index in [0.717, 1.165) is 0 Å². The van der Waals surface area contributed by atoms with E-state index < -0.39 is 0 Å². The molecule has 0 aliphatic rings. The number of aromatic nitrogens is 12. The van der Waals surface area contributed by atoms with Crippen molar-refractivity contribution < 1.29 is 93.8 Å².